The zero-order valence-electron chi connectivity index (χ0n) is 21.0. The second-order valence-corrected chi connectivity index (χ2v) is 9.07. The van der Waals surface area contributed by atoms with Gasteiger partial charge in [0, 0.05) is 21.7 Å². The molecule has 0 N–H and O–H groups in total. The molecule has 0 aliphatic heterocycles. The maximum atomic E-state index is 12.7. The van der Waals surface area contributed by atoms with Crippen molar-refractivity contribution < 1.29 is 23.6 Å². The van der Waals surface area contributed by atoms with Crippen molar-refractivity contribution in [2.24, 2.45) is 0 Å². The van der Waals surface area contributed by atoms with Gasteiger partial charge in [0.25, 0.3) is 0 Å². The van der Waals surface area contributed by atoms with Crippen molar-refractivity contribution in [3.8, 4) is 22.5 Å². The third-order valence-electron chi connectivity index (χ3n) is 6.05. The highest BCUT2D eigenvalue weighted by molar-refractivity contribution is 6.31. The molecule has 7 heteroatoms. The molecule has 0 fully saturated rings. The molecule has 190 valence electrons. The van der Waals surface area contributed by atoms with Gasteiger partial charge in [0.15, 0.2) is 5.76 Å². The summed E-state index contributed by atoms with van der Waals surface area (Å²) in [5.74, 6) is -0.0874. The number of ether oxygens (including phenoxy) is 2. The van der Waals surface area contributed by atoms with E-state index < -0.39 is 6.10 Å². The predicted molar refractivity (Wildman–Crippen MR) is 142 cm³/mol. The zero-order valence-corrected chi connectivity index (χ0v) is 21.7. The highest BCUT2D eigenvalue weighted by atomic mass is 35.5. The van der Waals surface area contributed by atoms with Gasteiger partial charge in [-0.3, -0.25) is 9.59 Å². The molecule has 1 atom stereocenters. The first-order chi connectivity index (χ1) is 17.9. The molecular formula is C30H28ClNO5. The van der Waals surface area contributed by atoms with E-state index in [0.717, 1.165) is 27.8 Å². The van der Waals surface area contributed by atoms with Crippen molar-refractivity contribution >= 4 is 23.5 Å². The first-order valence-electron chi connectivity index (χ1n) is 12.1. The molecule has 1 heterocycles. The first kappa shape index (κ1) is 26.2. The van der Waals surface area contributed by atoms with Crippen LogP contribution in [0.2, 0.25) is 5.02 Å². The van der Waals surface area contributed by atoms with Crippen LogP contribution in [0.3, 0.4) is 0 Å². The Morgan fingerprint density at radius 1 is 0.892 bits per heavy atom. The Morgan fingerprint density at radius 2 is 1.51 bits per heavy atom. The fourth-order valence-corrected chi connectivity index (χ4v) is 4.37. The van der Waals surface area contributed by atoms with E-state index in [-0.39, 0.29) is 24.8 Å². The van der Waals surface area contributed by atoms with Crippen LogP contribution in [0, 0.1) is 6.92 Å². The largest absolute Gasteiger partial charge is 0.466 e. The summed E-state index contributed by atoms with van der Waals surface area (Å²) in [5, 5.41) is 4.64. The van der Waals surface area contributed by atoms with Crippen LogP contribution in [0.25, 0.3) is 22.5 Å². The minimum atomic E-state index is -0.479. The summed E-state index contributed by atoms with van der Waals surface area (Å²) in [6.07, 6.45) is -0.198. The molecule has 0 radical (unpaired) electrons. The number of carbonyl (C=O) groups is 2. The molecule has 4 aromatic rings. The summed E-state index contributed by atoms with van der Waals surface area (Å²) in [6, 6.07) is 22.9. The quantitative estimate of drug-likeness (QED) is 0.224. The van der Waals surface area contributed by atoms with Gasteiger partial charge in [0.05, 0.1) is 25.1 Å². The molecule has 0 saturated carbocycles. The Bertz CT molecular complexity index is 1380. The van der Waals surface area contributed by atoms with Gasteiger partial charge in [-0.05, 0) is 43.5 Å². The lowest BCUT2D eigenvalue weighted by molar-refractivity contribution is -0.147. The van der Waals surface area contributed by atoms with Crippen molar-refractivity contribution in [1.82, 2.24) is 5.16 Å². The average molecular weight is 518 g/mol. The lowest BCUT2D eigenvalue weighted by Crippen LogP contribution is -2.12. The van der Waals surface area contributed by atoms with Gasteiger partial charge in [-0.15, -0.1) is 0 Å². The maximum Gasteiger partial charge on any atom is 0.311 e. The molecule has 0 aliphatic carbocycles. The van der Waals surface area contributed by atoms with E-state index in [9.17, 15) is 9.59 Å². The maximum absolute atomic E-state index is 12.7. The van der Waals surface area contributed by atoms with Crippen LogP contribution in [-0.2, 0) is 31.9 Å². The van der Waals surface area contributed by atoms with Crippen LogP contribution < -0.4 is 0 Å². The summed E-state index contributed by atoms with van der Waals surface area (Å²) in [6.45, 7) is 5.77. The van der Waals surface area contributed by atoms with Crippen molar-refractivity contribution in [1.29, 1.82) is 0 Å². The highest BCUT2D eigenvalue weighted by Crippen LogP contribution is 2.31. The summed E-state index contributed by atoms with van der Waals surface area (Å²) in [7, 11) is 0. The summed E-state index contributed by atoms with van der Waals surface area (Å²) in [5.41, 5.74) is 5.82. The molecule has 3 aromatic carbocycles. The lowest BCUT2D eigenvalue weighted by Gasteiger charge is -2.15. The Kier molecular flexibility index (Phi) is 8.41. The van der Waals surface area contributed by atoms with Crippen LogP contribution in [0.1, 0.15) is 42.3 Å². The summed E-state index contributed by atoms with van der Waals surface area (Å²) in [4.78, 5) is 24.4. The summed E-state index contributed by atoms with van der Waals surface area (Å²) < 4.78 is 16.2. The number of aromatic nitrogens is 1. The SMILES string of the molecule is CCOC(=O)Cc1ccc(-c2ccc(-c3onc(C)c3CC(=O)O[C@@H](C)c3ccccc3Cl)cc2)cc1. The average Bonchev–Trinajstić information content (AvgIpc) is 3.24. The van der Waals surface area contributed by atoms with Crippen LogP contribution in [0.5, 0.6) is 0 Å². The lowest BCUT2D eigenvalue weighted by atomic mass is 9.99. The summed E-state index contributed by atoms with van der Waals surface area (Å²) >= 11 is 6.24. The molecule has 0 unspecified atom stereocenters. The first-order valence-corrected chi connectivity index (χ1v) is 12.5. The Labute approximate surface area is 221 Å². The number of rotatable bonds is 9. The molecule has 0 aliphatic rings. The highest BCUT2D eigenvalue weighted by Gasteiger charge is 2.21. The van der Waals surface area contributed by atoms with Crippen molar-refractivity contribution in [3.05, 3.63) is 100 Å². The molecule has 0 bridgehead atoms. The molecule has 0 amide bonds. The van der Waals surface area contributed by atoms with Gasteiger partial charge in [-0.2, -0.15) is 0 Å². The second-order valence-electron chi connectivity index (χ2n) is 8.66. The number of esters is 2. The molecule has 0 spiro atoms. The van der Waals surface area contributed by atoms with Crippen LogP contribution in [0.4, 0.5) is 0 Å². The number of hydrogen-bond donors (Lipinski definition) is 0. The number of benzene rings is 3. The second kappa shape index (κ2) is 11.9. The smallest absolute Gasteiger partial charge is 0.311 e. The molecule has 1 aromatic heterocycles. The standard InChI is InChI=1S/C30H28ClNO5/c1-4-35-28(33)17-21-9-11-22(12-10-21)23-13-15-24(16-14-23)30-26(19(2)32-37-30)18-29(34)36-20(3)25-7-5-6-8-27(25)31/h5-16,20H,4,17-18H2,1-3H3/t20-/m0/s1. The third-order valence-corrected chi connectivity index (χ3v) is 6.39. The van der Waals surface area contributed by atoms with E-state index in [2.05, 4.69) is 5.16 Å². The van der Waals surface area contributed by atoms with E-state index in [0.29, 0.717) is 28.6 Å². The van der Waals surface area contributed by atoms with Gasteiger partial charge < -0.3 is 14.0 Å². The molecule has 6 nitrogen and oxygen atoms in total. The minimum Gasteiger partial charge on any atom is -0.466 e. The Balaban J connectivity index is 1.45. The van der Waals surface area contributed by atoms with Gasteiger partial charge in [0.2, 0.25) is 0 Å². The van der Waals surface area contributed by atoms with Gasteiger partial charge >= 0.3 is 11.9 Å². The Hall–Kier alpha value is -3.90. The fraction of sp³-hybridized carbons (Fsp3) is 0.233. The van der Waals surface area contributed by atoms with E-state index in [4.69, 9.17) is 25.6 Å². The molecule has 37 heavy (non-hydrogen) atoms. The predicted octanol–water partition coefficient (Wildman–Crippen LogP) is 6.92. The van der Waals surface area contributed by atoms with E-state index in [1.807, 2.05) is 66.7 Å². The minimum absolute atomic E-state index is 0.0309. The monoisotopic (exact) mass is 517 g/mol. The normalized spacial score (nSPS) is 11.7. The van der Waals surface area contributed by atoms with Crippen LogP contribution in [-0.4, -0.2) is 23.7 Å². The number of aryl methyl sites for hydroxylation is 1. The number of hydrogen-bond acceptors (Lipinski definition) is 6. The van der Waals surface area contributed by atoms with Crippen molar-refractivity contribution in [2.45, 2.75) is 39.7 Å². The van der Waals surface area contributed by atoms with Gasteiger partial charge in [0.1, 0.15) is 6.10 Å². The van der Waals surface area contributed by atoms with Gasteiger partial charge in [-0.25, -0.2) is 0 Å². The van der Waals surface area contributed by atoms with E-state index >= 15 is 0 Å². The number of halogens is 1. The third kappa shape index (κ3) is 6.46. The number of nitrogens with zero attached hydrogens (tertiary/aromatic N) is 1. The van der Waals surface area contributed by atoms with E-state index in [1.165, 1.54) is 0 Å². The topological polar surface area (TPSA) is 78.6 Å². The molecule has 0 saturated heterocycles. The van der Waals surface area contributed by atoms with Crippen LogP contribution >= 0.6 is 11.6 Å². The Morgan fingerprint density at radius 3 is 2.16 bits per heavy atom. The van der Waals surface area contributed by atoms with Crippen LogP contribution in [0.15, 0.2) is 77.3 Å². The van der Waals surface area contributed by atoms with Crippen molar-refractivity contribution in [3.63, 3.8) is 0 Å². The zero-order chi connectivity index (χ0) is 26.4. The fourth-order valence-electron chi connectivity index (χ4n) is 4.08. The van der Waals surface area contributed by atoms with Gasteiger partial charge in [-0.1, -0.05) is 83.5 Å². The molecule has 4 rings (SSSR count). The van der Waals surface area contributed by atoms with E-state index in [1.54, 1.807) is 26.8 Å². The van der Waals surface area contributed by atoms with Crippen molar-refractivity contribution in [2.75, 3.05) is 6.61 Å². The number of carbonyl (C=O) groups excluding carboxylic acids is 2. The molecular weight excluding hydrogens is 490 g/mol.